The monoisotopic (exact) mass is 279 g/mol. The molecule has 0 aromatic carbocycles. The Kier molecular flexibility index (Phi) is 4.38. The van der Waals surface area contributed by atoms with Crippen LogP contribution in [0, 0.1) is 0 Å². The molecule has 0 saturated carbocycles. The number of ether oxygens (including phenoxy) is 1. The van der Waals surface area contributed by atoms with Crippen molar-refractivity contribution in [3.63, 3.8) is 0 Å². The van der Waals surface area contributed by atoms with Crippen LogP contribution >= 0.6 is 0 Å². The molecule has 1 aliphatic rings. The van der Waals surface area contributed by atoms with E-state index in [1.54, 1.807) is 0 Å². The molecule has 20 heavy (non-hydrogen) atoms. The lowest BCUT2D eigenvalue weighted by Gasteiger charge is -2.24. The number of carbonyl (C=O) groups excluding carboxylic acids is 1. The van der Waals surface area contributed by atoms with Gasteiger partial charge in [0.1, 0.15) is 5.60 Å². The third-order valence-electron chi connectivity index (χ3n) is 3.56. The molecule has 0 bridgehead atoms. The molecule has 1 amide bonds. The highest BCUT2D eigenvalue weighted by Gasteiger charge is 2.29. The van der Waals surface area contributed by atoms with E-state index in [-0.39, 0.29) is 12.1 Å². The molecule has 2 N–H and O–H groups in total. The Bertz CT molecular complexity index is 436. The van der Waals surface area contributed by atoms with E-state index < -0.39 is 5.60 Å². The summed E-state index contributed by atoms with van der Waals surface area (Å²) < 4.78 is 5.29. The number of carbonyl (C=O) groups is 1. The number of hydrogen-bond acceptors (Lipinski definition) is 3. The average molecular weight is 279 g/mol. The zero-order valence-electron chi connectivity index (χ0n) is 12.8. The van der Waals surface area contributed by atoms with Gasteiger partial charge in [0.25, 0.3) is 0 Å². The predicted molar refractivity (Wildman–Crippen MR) is 78.6 cm³/mol. The van der Waals surface area contributed by atoms with Gasteiger partial charge >= 0.3 is 6.09 Å². The largest absolute Gasteiger partial charge is 0.444 e. The predicted octanol–water partition coefficient (Wildman–Crippen LogP) is 2.67. The van der Waals surface area contributed by atoms with E-state index in [1.165, 1.54) is 5.69 Å². The van der Waals surface area contributed by atoms with E-state index in [0.29, 0.717) is 6.04 Å². The summed E-state index contributed by atoms with van der Waals surface area (Å²) in [5.41, 5.74) is 0.767. The number of aromatic nitrogens is 1. The van der Waals surface area contributed by atoms with E-state index in [0.717, 1.165) is 19.5 Å². The molecule has 1 saturated heterocycles. The lowest BCUT2D eigenvalue weighted by molar-refractivity contribution is 0.0504. The zero-order valence-corrected chi connectivity index (χ0v) is 12.8. The molecule has 1 fully saturated rings. The summed E-state index contributed by atoms with van der Waals surface area (Å²) in [6.45, 7) is 9.66. The summed E-state index contributed by atoms with van der Waals surface area (Å²) >= 11 is 0. The fraction of sp³-hybridized carbons (Fsp3) is 0.667. The fourth-order valence-corrected chi connectivity index (χ4v) is 2.53. The van der Waals surface area contributed by atoms with Crippen molar-refractivity contribution in [2.45, 2.75) is 51.8 Å². The van der Waals surface area contributed by atoms with Gasteiger partial charge in [-0.15, -0.1) is 0 Å². The van der Waals surface area contributed by atoms with Crippen LogP contribution in [0.15, 0.2) is 18.3 Å². The van der Waals surface area contributed by atoms with Gasteiger partial charge in [0.15, 0.2) is 0 Å². The number of nitrogens with one attached hydrogen (secondary N) is 2. The van der Waals surface area contributed by atoms with Gasteiger partial charge in [0, 0.05) is 37.1 Å². The lowest BCUT2D eigenvalue weighted by Crippen LogP contribution is -2.40. The van der Waals surface area contributed by atoms with Crippen LogP contribution in [0.25, 0.3) is 0 Å². The number of nitrogens with zero attached hydrogens (tertiary/aromatic N) is 1. The normalized spacial score (nSPS) is 21.7. The van der Waals surface area contributed by atoms with Crippen LogP contribution in [0.5, 0.6) is 0 Å². The molecule has 2 atom stereocenters. The molecule has 112 valence electrons. The molecular weight excluding hydrogens is 254 g/mol. The molecule has 0 aliphatic carbocycles. The van der Waals surface area contributed by atoms with E-state index >= 15 is 0 Å². The lowest BCUT2D eigenvalue weighted by atomic mass is 10.2. The minimum Gasteiger partial charge on any atom is -0.444 e. The smallest absolute Gasteiger partial charge is 0.407 e. The highest BCUT2D eigenvalue weighted by molar-refractivity contribution is 5.68. The maximum Gasteiger partial charge on any atom is 0.407 e. The number of likely N-dealkylation sites (tertiary alicyclic amines) is 1. The van der Waals surface area contributed by atoms with Crippen molar-refractivity contribution in [2.24, 2.45) is 0 Å². The summed E-state index contributed by atoms with van der Waals surface area (Å²) in [6.07, 6.45) is 2.58. The SMILES string of the molecule is CC(c1ccc[nH]1)N1CC[C@H](NC(=O)OC(C)(C)C)C1. The quantitative estimate of drug-likeness (QED) is 0.894. The summed E-state index contributed by atoms with van der Waals surface area (Å²) in [6, 6.07) is 4.62. The molecule has 2 heterocycles. The standard InChI is InChI=1S/C15H25N3O2/c1-11(13-6-5-8-16-13)18-9-7-12(10-18)17-14(19)20-15(2,3)4/h5-6,8,11-12,16H,7,9-10H2,1-4H3,(H,17,19)/t11?,12-/m0/s1. The fourth-order valence-electron chi connectivity index (χ4n) is 2.53. The van der Waals surface area contributed by atoms with E-state index in [2.05, 4.69) is 28.2 Å². The Morgan fingerprint density at radius 3 is 2.90 bits per heavy atom. The summed E-state index contributed by atoms with van der Waals surface area (Å²) in [4.78, 5) is 17.4. The average Bonchev–Trinajstić information content (AvgIpc) is 2.95. The maximum absolute atomic E-state index is 11.8. The first-order valence-corrected chi connectivity index (χ1v) is 7.22. The molecule has 2 rings (SSSR count). The van der Waals surface area contributed by atoms with Gasteiger partial charge in [0.05, 0.1) is 0 Å². The van der Waals surface area contributed by atoms with Gasteiger partial charge in [-0.25, -0.2) is 4.79 Å². The Balaban J connectivity index is 1.82. The van der Waals surface area contributed by atoms with Crippen molar-refractivity contribution in [2.75, 3.05) is 13.1 Å². The molecule has 5 heteroatoms. The first kappa shape index (κ1) is 14.9. The van der Waals surface area contributed by atoms with Crippen LogP contribution in [-0.4, -0.2) is 40.7 Å². The number of H-pyrrole nitrogens is 1. The third-order valence-corrected chi connectivity index (χ3v) is 3.56. The molecule has 1 aromatic rings. The Labute approximate surface area is 120 Å². The minimum atomic E-state index is -0.445. The molecule has 1 unspecified atom stereocenters. The molecule has 1 aromatic heterocycles. The van der Waals surface area contributed by atoms with Crippen molar-refractivity contribution in [1.29, 1.82) is 0 Å². The second-order valence-electron chi connectivity index (χ2n) is 6.43. The van der Waals surface area contributed by atoms with Gasteiger partial charge in [-0.05, 0) is 46.2 Å². The van der Waals surface area contributed by atoms with Crippen LogP contribution in [0.4, 0.5) is 4.79 Å². The Morgan fingerprint density at radius 1 is 1.55 bits per heavy atom. The first-order chi connectivity index (χ1) is 9.35. The molecule has 1 aliphatic heterocycles. The van der Waals surface area contributed by atoms with E-state index in [4.69, 9.17) is 4.74 Å². The first-order valence-electron chi connectivity index (χ1n) is 7.22. The highest BCUT2D eigenvalue weighted by Crippen LogP contribution is 2.23. The minimum absolute atomic E-state index is 0.169. The van der Waals surface area contributed by atoms with Crippen LogP contribution in [0.2, 0.25) is 0 Å². The maximum atomic E-state index is 11.8. The number of amides is 1. The molecular formula is C15H25N3O2. The summed E-state index contributed by atoms with van der Waals surface area (Å²) in [5, 5.41) is 2.95. The summed E-state index contributed by atoms with van der Waals surface area (Å²) in [5.74, 6) is 0. The summed E-state index contributed by atoms with van der Waals surface area (Å²) in [7, 11) is 0. The second kappa shape index (κ2) is 5.87. The number of aromatic amines is 1. The van der Waals surface area contributed by atoms with Crippen molar-refractivity contribution >= 4 is 6.09 Å². The number of alkyl carbamates (subject to hydrolysis) is 1. The number of rotatable bonds is 3. The Hall–Kier alpha value is -1.49. The van der Waals surface area contributed by atoms with Gasteiger partial charge in [-0.3, -0.25) is 4.90 Å². The molecule has 0 radical (unpaired) electrons. The van der Waals surface area contributed by atoms with Gasteiger partial charge in [-0.1, -0.05) is 0 Å². The van der Waals surface area contributed by atoms with Crippen LogP contribution in [0.3, 0.4) is 0 Å². The topological polar surface area (TPSA) is 57.4 Å². The number of hydrogen-bond donors (Lipinski definition) is 2. The third kappa shape index (κ3) is 4.00. The Morgan fingerprint density at radius 2 is 2.30 bits per heavy atom. The van der Waals surface area contributed by atoms with Crippen molar-refractivity contribution in [3.8, 4) is 0 Å². The zero-order chi connectivity index (χ0) is 14.8. The second-order valence-corrected chi connectivity index (χ2v) is 6.43. The van der Waals surface area contributed by atoms with Crippen LogP contribution < -0.4 is 5.32 Å². The van der Waals surface area contributed by atoms with Crippen molar-refractivity contribution in [1.82, 2.24) is 15.2 Å². The highest BCUT2D eigenvalue weighted by atomic mass is 16.6. The van der Waals surface area contributed by atoms with Crippen molar-refractivity contribution in [3.05, 3.63) is 24.0 Å². The molecule has 0 spiro atoms. The van der Waals surface area contributed by atoms with Gasteiger partial charge in [-0.2, -0.15) is 0 Å². The van der Waals surface area contributed by atoms with Gasteiger partial charge in [0.2, 0.25) is 0 Å². The molecule has 5 nitrogen and oxygen atoms in total. The van der Waals surface area contributed by atoms with Crippen LogP contribution in [-0.2, 0) is 4.74 Å². The van der Waals surface area contributed by atoms with Crippen molar-refractivity contribution < 1.29 is 9.53 Å². The van der Waals surface area contributed by atoms with E-state index in [1.807, 2.05) is 33.0 Å². The van der Waals surface area contributed by atoms with E-state index in [9.17, 15) is 4.79 Å². The van der Waals surface area contributed by atoms with Gasteiger partial charge < -0.3 is 15.0 Å². The van der Waals surface area contributed by atoms with Crippen LogP contribution in [0.1, 0.15) is 45.9 Å².